The van der Waals surface area contributed by atoms with E-state index in [0.29, 0.717) is 24.8 Å². The van der Waals surface area contributed by atoms with Gasteiger partial charge in [-0.15, -0.1) is 0 Å². The van der Waals surface area contributed by atoms with E-state index in [2.05, 4.69) is 10.0 Å². The average molecular weight is 354 g/mol. The largest absolute Gasteiger partial charge is 0.481 e. The summed E-state index contributed by atoms with van der Waals surface area (Å²) in [6.45, 7) is 1.74. The predicted molar refractivity (Wildman–Crippen MR) is 89.0 cm³/mol. The Morgan fingerprint density at radius 3 is 2.42 bits per heavy atom. The summed E-state index contributed by atoms with van der Waals surface area (Å²) in [5.41, 5.74) is 1.23. The molecule has 2 atom stereocenters. The number of carboxylic acid groups (broad SMARTS) is 1. The number of amides is 1. The van der Waals surface area contributed by atoms with Gasteiger partial charge in [0, 0.05) is 18.2 Å². The molecular formula is C16H22N2O5S. The third kappa shape index (κ3) is 5.04. The molecule has 2 rings (SSSR count). The molecule has 1 amide bonds. The zero-order valence-corrected chi connectivity index (χ0v) is 14.3. The molecule has 7 nitrogen and oxygen atoms in total. The zero-order chi connectivity index (χ0) is 17.7. The van der Waals surface area contributed by atoms with Crippen molar-refractivity contribution in [3.8, 4) is 0 Å². The standard InChI is InChI=1S/C16H22N2O5S/c1-2-24(22,23)17-10-11-3-5-12(6-4-11)15(19)18-14-8-7-13(9-14)16(20)21/h3-6,13-14,17H,2,7-10H2,1H3,(H,18,19)(H,20,21)/t13-,14+/m0/s1. The van der Waals surface area contributed by atoms with E-state index in [-0.39, 0.29) is 30.2 Å². The number of aliphatic carboxylic acids is 1. The molecule has 1 aromatic rings. The minimum Gasteiger partial charge on any atom is -0.481 e. The molecule has 3 N–H and O–H groups in total. The van der Waals surface area contributed by atoms with Crippen LogP contribution in [0.1, 0.15) is 42.1 Å². The van der Waals surface area contributed by atoms with Gasteiger partial charge in [-0.1, -0.05) is 12.1 Å². The first kappa shape index (κ1) is 18.4. The van der Waals surface area contributed by atoms with Gasteiger partial charge in [0.1, 0.15) is 0 Å². The first-order chi connectivity index (χ1) is 11.3. The molecule has 24 heavy (non-hydrogen) atoms. The Morgan fingerprint density at radius 1 is 1.21 bits per heavy atom. The van der Waals surface area contributed by atoms with Crippen molar-refractivity contribution >= 4 is 21.9 Å². The number of carboxylic acids is 1. The summed E-state index contributed by atoms with van der Waals surface area (Å²) in [4.78, 5) is 23.1. The fraction of sp³-hybridized carbons (Fsp3) is 0.500. The fourth-order valence-corrected chi connectivity index (χ4v) is 3.27. The first-order valence-electron chi connectivity index (χ1n) is 7.90. The topological polar surface area (TPSA) is 113 Å². The van der Waals surface area contributed by atoms with Gasteiger partial charge in [0.2, 0.25) is 10.0 Å². The quantitative estimate of drug-likeness (QED) is 0.679. The normalized spacial score (nSPS) is 20.7. The van der Waals surface area contributed by atoms with E-state index in [1.807, 2.05) is 0 Å². The molecule has 0 aromatic heterocycles. The summed E-state index contributed by atoms with van der Waals surface area (Å²) in [5, 5.41) is 11.8. The van der Waals surface area contributed by atoms with Crippen LogP contribution in [0.15, 0.2) is 24.3 Å². The molecule has 132 valence electrons. The predicted octanol–water partition coefficient (Wildman–Crippen LogP) is 1.11. The third-order valence-electron chi connectivity index (χ3n) is 4.21. The third-order valence-corrected chi connectivity index (χ3v) is 5.55. The SMILES string of the molecule is CCS(=O)(=O)NCc1ccc(C(=O)N[C@@H]2CC[C@H](C(=O)O)C2)cc1. The van der Waals surface area contributed by atoms with Gasteiger partial charge in [0.25, 0.3) is 5.91 Å². The number of rotatable bonds is 7. The lowest BCUT2D eigenvalue weighted by molar-refractivity contribution is -0.141. The van der Waals surface area contributed by atoms with E-state index in [1.165, 1.54) is 0 Å². The van der Waals surface area contributed by atoms with Crippen molar-refractivity contribution < 1.29 is 23.1 Å². The number of carbonyl (C=O) groups excluding carboxylic acids is 1. The molecule has 0 bridgehead atoms. The Morgan fingerprint density at radius 2 is 1.88 bits per heavy atom. The Hall–Kier alpha value is -1.93. The van der Waals surface area contributed by atoms with E-state index in [4.69, 9.17) is 5.11 Å². The Labute approximate surface area is 141 Å². The number of hydrogen-bond donors (Lipinski definition) is 3. The van der Waals surface area contributed by atoms with Crippen molar-refractivity contribution in [1.82, 2.24) is 10.0 Å². The molecule has 0 radical (unpaired) electrons. The van der Waals surface area contributed by atoms with Gasteiger partial charge < -0.3 is 10.4 Å². The van der Waals surface area contributed by atoms with Gasteiger partial charge in [-0.25, -0.2) is 13.1 Å². The highest BCUT2D eigenvalue weighted by Crippen LogP contribution is 2.25. The Bertz CT molecular complexity index is 700. The molecular weight excluding hydrogens is 332 g/mol. The smallest absolute Gasteiger partial charge is 0.306 e. The lowest BCUT2D eigenvalue weighted by Crippen LogP contribution is -2.33. The molecule has 1 aromatic carbocycles. The van der Waals surface area contributed by atoms with Crippen molar-refractivity contribution in [2.45, 2.75) is 38.8 Å². The highest BCUT2D eigenvalue weighted by molar-refractivity contribution is 7.89. The monoisotopic (exact) mass is 354 g/mol. The van der Waals surface area contributed by atoms with Crippen molar-refractivity contribution in [3.05, 3.63) is 35.4 Å². The highest BCUT2D eigenvalue weighted by Gasteiger charge is 2.30. The summed E-state index contributed by atoms with van der Waals surface area (Å²) < 4.78 is 25.3. The first-order valence-corrected chi connectivity index (χ1v) is 9.56. The van der Waals surface area contributed by atoms with E-state index in [9.17, 15) is 18.0 Å². The fourth-order valence-electron chi connectivity index (χ4n) is 2.67. The number of sulfonamides is 1. The molecule has 1 fully saturated rings. The van der Waals surface area contributed by atoms with Crippen molar-refractivity contribution in [2.75, 3.05) is 5.75 Å². The van der Waals surface area contributed by atoms with Gasteiger partial charge in [-0.3, -0.25) is 9.59 Å². The lowest BCUT2D eigenvalue weighted by atomic mass is 10.1. The summed E-state index contributed by atoms with van der Waals surface area (Å²) in [7, 11) is -3.25. The molecule has 1 aliphatic rings. The average Bonchev–Trinajstić information content (AvgIpc) is 3.02. The molecule has 8 heteroatoms. The zero-order valence-electron chi connectivity index (χ0n) is 13.5. The van der Waals surface area contributed by atoms with E-state index in [0.717, 1.165) is 5.56 Å². The summed E-state index contributed by atoms with van der Waals surface area (Å²) in [6.07, 6.45) is 1.70. The summed E-state index contributed by atoms with van der Waals surface area (Å²) >= 11 is 0. The second-order valence-electron chi connectivity index (χ2n) is 5.94. The van der Waals surface area contributed by atoms with Crippen molar-refractivity contribution in [2.24, 2.45) is 5.92 Å². The van der Waals surface area contributed by atoms with Crippen LogP contribution in [0.2, 0.25) is 0 Å². The van der Waals surface area contributed by atoms with Crippen LogP contribution in [0, 0.1) is 5.92 Å². The minimum atomic E-state index is -3.25. The van der Waals surface area contributed by atoms with E-state index < -0.39 is 16.0 Å². The van der Waals surface area contributed by atoms with E-state index in [1.54, 1.807) is 31.2 Å². The van der Waals surface area contributed by atoms with Gasteiger partial charge in [0.15, 0.2) is 0 Å². The summed E-state index contributed by atoms with van der Waals surface area (Å²) in [6, 6.07) is 6.54. The Kier molecular flexibility index (Phi) is 5.95. The molecule has 0 heterocycles. The molecule has 0 spiro atoms. The number of carbonyl (C=O) groups is 2. The van der Waals surface area contributed by atoms with Crippen LogP contribution >= 0.6 is 0 Å². The molecule has 0 aliphatic heterocycles. The van der Waals surface area contributed by atoms with Gasteiger partial charge in [-0.05, 0) is 43.9 Å². The lowest BCUT2D eigenvalue weighted by Gasteiger charge is -2.13. The van der Waals surface area contributed by atoms with Crippen molar-refractivity contribution in [3.63, 3.8) is 0 Å². The van der Waals surface area contributed by atoms with Crippen LogP contribution in [0.4, 0.5) is 0 Å². The Balaban J connectivity index is 1.88. The molecule has 0 saturated heterocycles. The maximum Gasteiger partial charge on any atom is 0.306 e. The maximum absolute atomic E-state index is 12.2. The maximum atomic E-state index is 12.2. The van der Waals surface area contributed by atoms with Gasteiger partial charge in [-0.2, -0.15) is 0 Å². The van der Waals surface area contributed by atoms with Crippen LogP contribution in [-0.4, -0.2) is 37.2 Å². The molecule has 1 aliphatic carbocycles. The minimum absolute atomic E-state index is 0.0201. The highest BCUT2D eigenvalue weighted by atomic mass is 32.2. The van der Waals surface area contributed by atoms with Gasteiger partial charge >= 0.3 is 5.97 Å². The van der Waals surface area contributed by atoms with Gasteiger partial charge in [0.05, 0.1) is 11.7 Å². The van der Waals surface area contributed by atoms with Crippen molar-refractivity contribution in [1.29, 1.82) is 0 Å². The van der Waals surface area contributed by atoms with Crippen LogP contribution < -0.4 is 10.0 Å². The molecule has 0 unspecified atom stereocenters. The van der Waals surface area contributed by atoms with Crippen LogP contribution in [0.5, 0.6) is 0 Å². The van der Waals surface area contributed by atoms with E-state index >= 15 is 0 Å². The summed E-state index contributed by atoms with van der Waals surface area (Å²) in [5.74, 6) is -1.42. The second-order valence-corrected chi connectivity index (χ2v) is 8.04. The van der Waals surface area contributed by atoms with Crippen LogP contribution in [-0.2, 0) is 21.4 Å². The number of hydrogen-bond acceptors (Lipinski definition) is 4. The van der Waals surface area contributed by atoms with Crippen LogP contribution in [0.3, 0.4) is 0 Å². The second kappa shape index (κ2) is 7.76. The van der Waals surface area contributed by atoms with Crippen LogP contribution in [0.25, 0.3) is 0 Å². The number of benzene rings is 1. The number of nitrogens with one attached hydrogen (secondary N) is 2. The molecule has 1 saturated carbocycles.